The molecular formula is C13H17ClN2. The first-order chi connectivity index (χ1) is 7.72. The van der Waals surface area contributed by atoms with E-state index >= 15 is 0 Å². The molecule has 2 rings (SSSR count). The van der Waals surface area contributed by atoms with Crippen LogP contribution in [0.15, 0.2) is 12.1 Å². The third kappa shape index (κ3) is 2.22. The van der Waals surface area contributed by atoms with Gasteiger partial charge in [0.25, 0.3) is 0 Å². The van der Waals surface area contributed by atoms with E-state index in [9.17, 15) is 0 Å². The first-order valence-corrected chi connectivity index (χ1v) is 6.19. The quantitative estimate of drug-likeness (QED) is 0.593. The molecule has 1 saturated carbocycles. The van der Waals surface area contributed by atoms with Crippen LogP contribution in [0.5, 0.6) is 0 Å². The minimum absolute atomic E-state index is 0.534. The lowest BCUT2D eigenvalue weighted by atomic mass is 9.82. The van der Waals surface area contributed by atoms with E-state index in [-0.39, 0.29) is 0 Å². The molecule has 0 aliphatic heterocycles. The molecule has 1 fully saturated rings. The molecule has 0 amide bonds. The van der Waals surface area contributed by atoms with E-state index in [2.05, 4.69) is 0 Å². The van der Waals surface area contributed by atoms with Gasteiger partial charge >= 0.3 is 0 Å². The molecule has 16 heavy (non-hydrogen) atoms. The molecule has 2 nitrogen and oxygen atoms in total. The number of nitrogen functional groups attached to an aromatic ring is 1. The summed E-state index contributed by atoms with van der Waals surface area (Å²) in [6.45, 7) is 0. The van der Waals surface area contributed by atoms with Gasteiger partial charge < -0.3 is 11.1 Å². The van der Waals surface area contributed by atoms with Crippen molar-refractivity contribution in [1.29, 1.82) is 5.41 Å². The molecule has 1 aromatic carbocycles. The zero-order chi connectivity index (χ0) is 11.5. The van der Waals surface area contributed by atoms with Crippen LogP contribution in [0.2, 0.25) is 5.02 Å². The van der Waals surface area contributed by atoms with Gasteiger partial charge in [-0.3, -0.25) is 0 Å². The summed E-state index contributed by atoms with van der Waals surface area (Å²) >= 11 is 6.04. The molecule has 0 unspecified atom stereocenters. The second-order valence-electron chi connectivity index (χ2n) is 4.48. The van der Waals surface area contributed by atoms with Crippen molar-refractivity contribution < 1.29 is 0 Å². The molecular weight excluding hydrogens is 220 g/mol. The number of halogens is 1. The van der Waals surface area contributed by atoms with Crippen LogP contribution in [-0.4, -0.2) is 6.21 Å². The van der Waals surface area contributed by atoms with Gasteiger partial charge in [0.1, 0.15) is 0 Å². The summed E-state index contributed by atoms with van der Waals surface area (Å²) < 4.78 is 0. The average molecular weight is 237 g/mol. The topological polar surface area (TPSA) is 49.9 Å². The lowest BCUT2D eigenvalue weighted by Crippen LogP contribution is -2.09. The lowest BCUT2D eigenvalue weighted by Gasteiger charge is -2.24. The summed E-state index contributed by atoms with van der Waals surface area (Å²) in [7, 11) is 0. The van der Waals surface area contributed by atoms with Crippen LogP contribution in [0.25, 0.3) is 0 Å². The van der Waals surface area contributed by atoms with Gasteiger partial charge in [0.15, 0.2) is 0 Å². The number of hydrogen-bond donors (Lipinski definition) is 2. The highest BCUT2D eigenvalue weighted by atomic mass is 35.5. The van der Waals surface area contributed by atoms with Gasteiger partial charge in [-0.2, -0.15) is 0 Å². The first kappa shape index (κ1) is 11.5. The summed E-state index contributed by atoms with van der Waals surface area (Å²) in [5.74, 6) is 0.534. The van der Waals surface area contributed by atoms with Gasteiger partial charge in [-0.05, 0) is 36.5 Å². The fourth-order valence-electron chi connectivity index (χ4n) is 2.58. The van der Waals surface area contributed by atoms with E-state index in [0.29, 0.717) is 16.6 Å². The molecule has 0 aromatic heterocycles. The maximum Gasteiger partial charge on any atom is 0.0429 e. The second kappa shape index (κ2) is 4.88. The van der Waals surface area contributed by atoms with E-state index in [1.54, 1.807) is 6.07 Å². The monoisotopic (exact) mass is 236 g/mol. The lowest BCUT2D eigenvalue weighted by molar-refractivity contribution is 0.443. The predicted octanol–water partition coefficient (Wildman–Crippen LogP) is 3.97. The Bertz CT molecular complexity index is 395. The fourth-order valence-corrected chi connectivity index (χ4v) is 2.81. The van der Waals surface area contributed by atoms with Crippen LogP contribution in [0, 0.1) is 5.41 Å². The summed E-state index contributed by atoms with van der Waals surface area (Å²) in [5, 5.41) is 8.15. The second-order valence-corrected chi connectivity index (χ2v) is 4.91. The van der Waals surface area contributed by atoms with Crippen molar-refractivity contribution in [2.45, 2.75) is 38.0 Å². The summed E-state index contributed by atoms with van der Waals surface area (Å²) in [6, 6.07) is 3.71. The third-order valence-corrected chi connectivity index (χ3v) is 3.62. The molecule has 0 bridgehead atoms. The van der Waals surface area contributed by atoms with Crippen LogP contribution in [-0.2, 0) is 0 Å². The average Bonchev–Trinajstić information content (AvgIpc) is 2.29. The SMILES string of the molecule is N=Cc1c(N)cc(Cl)cc1C1CCCCC1. The van der Waals surface area contributed by atoms with Crippen LogP contribution in [0.4, 0.5) is 5.69 Å². The highest BCUT2D eigenvalue weighted by Crippen LogP contribution is 2.36. The Morgan fingerprint density at radius 1 is 1.25 bits per heavy atom. The van der Waals surface area contributed by atoms with Gasteiger partial charge in [-0.25, -0.2) is 0 Å². The Kier molecular flexibility index (Phi) is 3.49. The molecule has 1 aromatic rings. The Hall–Kier alpha value is -1.02. The molecule has 0 saturated heterocycles. The summed E-state index contributed by atoms with van der Waals surface area (Å²) in [4.78, 5) is 0. The molecule has 86 valence electrons. The molecule has 0 radical (unpaired) electrons. The van der Waals surface area contributed by atoms with Crippen molar-refractivity contribution in [2.24, 2.45) is 0 Å². The van der Waals surface area contributed by atoms with Crippen molar-refractivity contribution in [2.75, 3.05) is 5.73 Å². The van der Waals surface area contributed by atoms with Crippen LogP contribution in [0.1, 0.15) is 49.1 Å². The Morgan fingerprint density at radius 3 is 2.56 bits per heavy atom. The smallest absolute Gasteiger partial charge is 0.0429 e. The number of nitrogens with one attached hydrogen (secondary N) is 1. The standard InChI is InChI=1S/C13H17ClN2/c14-10-6-11(9-4-2-1-3-5-9)12(8-15)13(16)7-10/h6-9,15H,1-5,16H2. The highest BCUT2D eigenvalue weighted by molar-refractivity contribution is 6.31. The summed E-state index contributed by atoms with van der Waals surface area (Å²) in [5.41, 5.74) is 8.56. The highest BCUT2D eigenvalue weighted by Gasteiger charge is 2.19. The van der Waals surface area contributed by atoms with Crippen molar-refractivity contribution >= 4 is 23.5 Å². The minimum atomic E-state index is 0.534. The van der Waals surface area contributed by atoms with Crippen molar-refractivity contribution in [3.05, 3.63) is 28.3 Å². The van der Waals surface area contributed by atoms with E-state index in [4.69, 9.17) is 22.7 Å². The fraction of sp³-hybridized carbons (Fsp3) is 0.462. The zero-order valence-corrected chi connectivity index (χ0v) is 10.1. The van der Waals surface area contributed by atoms with E-state index < -0.39 is 0 Å². The Labute approximate surface area is 101 Å². The maximum absolute atomic E-state index is 7.47. The first-order valence-electron chi connectivity index (χ1n) is 5.81. The van der Waals surface area contributed by atoms with Crippen LogP contribution >= 0.6 is 11.6 Å². The van der Waals surface area contributed by atoms with Crippen molar-refractivity contribution in [1.82, 2.24) is 0 Å². The molecule has 1 aliphatic rings. The molecule has 0 spiro atoms. The van der Waals surface area contributed by atoms with E-state index in [1.165, 1.54) is 43.9 Å². The molecule has 3 N–H and O–H groups in total. The summed E-state index contributed by atoms with van der Waals surface area (Å²) in [6.07, 6.45) is 7.62. The number of nitrogens with two attached hydrogens (primary N) is 1. The number of anilines is 1. The van der Waals surface area contributed by atoms with Gasteiger partial charge in [-0.1, -0.05) is 30.9 Å². The predicted molar refractivity (Wildman–Crippen MR) is 69.6 cm³/mol. The normalized spacial score (nSPS) is 17.3. The Morgan fingerprint density at radius 2 is 1.94 bits per heavy atom. The number of benzene rings is 1. The van der Waals surface area contributed by atoms with Gasteiger partial charge in [0.2, 0.25) is 0 Å². The molecule has 0 heterocycles. The molecule has 0 atom stereocenters. The number of hydrogen-bond acceptors (Lipinski definition) is 2. The van der Waals surface area contributed by atoms with Crippen molar-refractivity contribution in [3.63, 3.8) is 0 Å². The van der Waals surface area contributed by atoms with Gasteiger partial charge in [-0.15, -0.1) is 0 Å². The number of rotatable bonds is 2. The van der Waals surface area contributed by atoms with Crippen molar-refractivity contribution in [3.8, 4) is 0 Å². The zero-order valence-electron chi connectivity index (χ0n) is 9.30. The molecule has 3 heteroatoms. The van der Waals surface area contributed by atoms with Gasteiger partial charge in [0.05, 0.1) is 0 Å². The van der Waals surface area contributed by atoms with E-state index in [1.807, 2.05) is 6.07 Å². The maximum atomic E-state index is 7.47. The minimum Gasteiger partial charge on any atom is -0.398 e. The Balaban J connectivity index is 2.40. The van der Waals surface area contributed by atoms with Gasteiger partial charge in [0, 0.05) is 22.5 Å². The largest absolute Gasteiger partial charge is 0.398 e. The van der Waals surface area contributed by atoms with E-state index in [0.717, 1.165) is 5.56 Å². The third-order valence-electron chi connectivity index (χ3n) is 3.40. The molecule has 1 aliphatic carbocycles. The van der Waals surface area contributed by atoms with Crippen LogP contribution < -0.4 is 5.73 Å². The van der Waals surface area contributed by atoms with Crippen LogP contribution in [0.3, 0.4) is 0 Å².